The molecule has 0 aliphatic heterocycles. The zero-order valence-corrected chi connectivity index (χ0v) is 31.6. The van der Waals surface area contributed by atoms with Crippen LogP contribution in [-0.4, -0.2) is 28.7 Å². The van der Waals surface area contributed by atoms with Crippen molar-refractivity contribution < 1.29 is 0 Å². The molecule has 0 aliphatic carbocycles. The van der Waals surface area contributed by atoms with Crippen molar-refractivity contribution in [2.24, 2.45) is 0 Å². The second kappa shape index (κ2) is 12.9. The van der Waals surface area contributed by atoms with E-state index in [4.69, 9.17) is 15.0 Å². The molecule has 59 heavy (non-hydrogen) atoms. The topological polar surface area (TPSA) is 70.5 Å². The summed E-state index contributed by atoms with van der Waals surface area (Å²) in [5, 5.41) is 6.49. The highest BCUT2D eigenvalue weighted by atomic mass is 16.1. The fourth-order valence-electron chi connectivity index (χ4n) is 8.99. The Morgan fingerprint density at radius 1 is 0.322 bits per heavy atom. The fourth-order valence-corrected chi connectivity index (χ4v) is 8.99. The highest BCUT2D eigenvalue weighted by Crippen LogP contribution is 2.42. The number of hydrogen-bond donors (Lipinski definition) is 0. The first-order chi connectivity index (χ1) is 29.2. The Morgan fingerprint density at radius 2 is 0.780 bits per heavy atom. The van der Waals surface area contributed by atoms with Crippen molar-refractivity contribution in [3.05, 3.63) is 204 Å². The standard InChI is InChI=1S/C52H32N6O/c59-51-46-38(40-30-29-39-37-25-13-15-27-42(37)56(35-21-9-3-10-22-35)47(39)48(40)57(51)36-23-11-4-12-24-36)31-32-44-45(46)41-26-14-16-28-43(41)58(44)52-54-49(33-17-5-1-6-18-33)53-50(55-52)34-19-7-2-8-20-34/h1-32H. The molecular formula is C52H32N6O. The lowest BCUT2D eigenvalue weighted by Gasteiger charge is -2.17. The van der Waals surface area contributed by atoms with Crippen LogP contribution in [0.5, 0.6) is 0 Å². The zero-order valence-electron chi connectivity index (χ0n) is 31.6. The molecule has 0 aliphatic rings. The van der Waals surface area contributed by atoms with E-state index in [1.54, 1.807) is 0 Å². The molecule has 276 valence electrons. The van der Waals surface area contributed by atoms with Gasteiger partial charge in [-0.3, -0.25) is 13.9 Å². The summed E-state index contributed by atoms with van der Waals surface area (Å²) in [5.41, 5.74) is 8.12. The molecule has 0 saturated heterocycles. The molecule has 0 unspecified atom stereocenters. The smallest absolute Gasteiger partial charge is 0.264 e. The molecule has 8 aromatic carbocycles. The molecule has 4 heterocycles. The van der Waals surface area contributed by atoms with E-state index in [1.807, 2.05) is 114 Å². The number of nitrogens with zero attached hydrogens (tertiary/aromatic N) is 6. The monoisotopic (exact) mass is 756 g/mol. The van der Waals surface area contributed by atoms with Crippen LogP contribution in [0.3, 0.4) is 0 Å². The van der Waals surface area contributed by atoms with E-state index in [1.165, 1.54) is 0 Å². The second-order valence-electron chi connectivity index (χ2n) is 14.8. The Hall–Kier alpha value is -8.16. The van der Waals surface area contributed by atoms with E-state index in [0.717, 1.165) is 82.4 Å². The van der Waals surface area contributed by atoms with E-state index >= 15 is 4.79 Å². The summed E-state index contributed by atoms with van der Waals surface area (Å²) in [4.78, 5) is 31.1. The molecule has 0 atom stereocenters. The van der Waals surface area contributed by atoms with Crippen LogP contribution in [-0.2, 0) is 0 Å². The average Bonchev–Trinajstić information content (AvgIpc) is 3.83. The summed E-state index contributed by atoms with van der Waals surface area (Å²) < 4.78 is 6.31. The number of benzene rings is 8. The quantitative estimate of drug-likeness (QED) is 0.164. The minimum Gasteiger partial charge on any atom is -0.307 e. The van der Waals surface area contributed by atoms with Crippen molar-refractivity contribution in [2.75, 3.05) is 0 Å². The third-order valence-corrected chi connectivity index (χ3v) is 11.5. The number of para-hydroxylation sites is 4. The van der Waals surface area contributed by atoms with Gasteiger partial charge < -0.3 is 4.57 Å². The molecule has 0 spiro atoms. The Bertz CT molecular complexity index is 3610. The van der Waals surface area contributed by atoms with Crippen LogP contribution < -0.4 is 5.56 Å². The van der Waals surface area contributed by atoms with Gasteiger partial charge in [-0.15, -0.1) is 0 Å². The summed E-state index contributed by atoms with van der Waals surface area (Å²) in [6.07, 6.45) is 0. The minimum atomic E-state index is -0.102. The molecule has 0 bridgehead atoms. The number of fused-ring (bicyclic) bond motifs is 11. The van der Waals surface area contributed by atoms with Crippen LogP contribution in [0, 0.1) is 0 Å². The summed E-state index contributed by atoms with van der Waals surface area (Å²) in [5.74, 6) is 1.61. The molecule has 12 rings (SSSR count). The van der Waals surface area contributed by atoms with Gasteiger partial charge in [0.25, 0.3) is 5.56 Å². The van der Waals surface area contributed by atoms with Crippen molar-refractivity contribution in [1.29, 1.82) is 0 Å². The first-order valence-electron chi connectivity index (χ1n) is 19.7. The van der Waals surface area contributed by atoms with Crippen LogP contribution >= 0.6 is 0 Å². The third-order valence-electron chi connectivity index (χ3n) is 11.5. The van der Waals surface area contributed by atoms with Crippen LogP contribution in [0.15, 0.2) is 199 Å². The van der Waals surface area contributed by atoms with Gasteiger partial charge in [0.2, 0.25) is 5.95 Å². The van der Waals surface area contributed by atoms with E-state index in [9.17, 15) is 0 Å². The summed E-state index contributed by atoms with van der Waals surface area (Å²) >= 11 is 0. The highest BCUT2D eigenvalue weighted by molar-refractivity contribution is 6.28. The average molecular weight is 757 g/mol. The Balaban J connectivity index is 1.25. The normalized spacial score (nSPS) is 11.8. The number of hydrogen-bond acceptors (Lipinski definition) is 4. The number of pyridine rings is 1. The lowest BCUT2D eigenvalue weighted by atomic mass is 9.99. The second-order valence-corrected chi connectivity index (χ2v) is 14.8. The highest BCUT2D eigenvalue weighted by Gasteiger charge is 2.25. The van der Waals surface area contributed by atoms with Crippen LogP contribution in [0.2, 0.25) is 0 Å². The van der Waals surface area contributed by atoms with E-state index in [0.29, 0.717) is 23.0 Å². The van der Waals surface area contributed by atoms with Gasteiger partial charge in [0.05, 0.1) is 33.0 Å². The maximum Gasteiger partial charge on any atom is 0.264 e. The summed E-state index contributed by atoms with van der Waals surface area (Å²) in [6.45, 7) is 0. The Morgan fingerprint density at radius 3 is 1.39 bits per heavy atom. The van der Waals surface area contributed by atoms with E-state index < -0.39 is 0 Å². The van der Waals surface area contributed by atoms with Gasteiger partial charge in [-0.05, 0) is 47.9 Å². The fraction of sp³-hybridized carbons (Fsp3) is 0. The van der Waals surface area contributed by atoms with E-state index in [-0.39, 0.29) is 5.56 Å². The predicted molar refractivity (Wildman–Crippen MR) is 240 cm³/mol. The maximum atomic E-state index is 15.8. The SMILES string of the molecule is O=c1c2c(ccc3c2c2ccccc2n3-c2nc(-c3ccccc3)nc(-c3ccccc3)n2)c2ccc3c4ccccc4n(-c4ccccc4)c3c2n1-c1ccccc1. The van der Waals surface area contributed by atoms with Crippen LogP contribution in [0.1, 0.15) is 0 Å². The molecular weight excluding hydrogens is 725 g/mol. The molecule has 7 heteroatoms. The molecule has 4 aromatic heterocycles. The van der Waals surface area contributed by atoms with Crippen molar-refractivity contribution >= 4 is 65.3 Å². The zero-order chi connectivity index (χ0) is 39.0. The molecule has 0 radical (unpaired) electrons. The van der Waals surface area contributed by atoms with Gasteiger partial charge in [-0.25, -0.2) is 4.98 Å². The van der Waals surface area contributed by atoms with Crippen LogP contribution in [0.4, 0.5) is 0 Å². The minimum absolute atomic E-state index is 0.102. The summed E-state index contributed by atoms with van der Waals surface area (Å²) in [6, 6.07) is 65.7. The van der Waals surface area contributed by atoms with Gasteiger partial charge in [-0.2, -0.15) is 9.97 Å². The van der Waals surface area contributed by atoms with Gasteiger partial charge in [0, 0.05) is 49.4 Å². The lowest BCUT2D eigenvalue weighted by molar-refractivity contribution is 0.953. The van der Waals surface area contributed by atoms with Crippen molar-refractivity contribution in [3.8, 4) is 40.1 Å². The Labute approximate surface area is 337 Å². The Kier molecular flexibility index (Phi) is 7.24. The summed E-state index contributed by atoms with van der Waals surface area (Å²) in [7, 11) is 0. The van der Waals surface area contributed by atoms with Crippen molar-refractivity contribution in [3.63, 3.8) is 0 Å². The molecule has 0 saturated carbocycles. The first-order valence-corrected chi connectivity index (χ1v) is 19.7. The third kappa shape index (κ3) is 4.95. The molecule has 7 nitrogen and oxygen atoms in total. The van der Waals surface area contributed by atoms with Gasteiger partial charge in [0.15, 0.2) is 11.6 Å². The van der Waals surface area contributed by atoms with Gasteiger partial charge in [0.1, 0.15) is 0 Å². The first kappa shape index (κ1) is 33.0. The number of rotatable bonds is 5. The van der Waals surface area contributed by atoms with Gasteiger partial charge >= 0.3 is 0 Å². The number of aromatic nitrogens is 6. The maximum absolute atomic E-state index is 15.8. The van der Waals surface area contributed by atoms with E-state index in [2.05, 4.69) is 94.1 Å². The molecule has 12 aromatic rings. The lowest BCUT2D eigenvalue weighted by Crippen LogP contribution is -2.20. The van der Waals surface area contributed by atoms with Crippen LogP contribution in [0.25, 0.3) is 105 Å². The molecule has 0 N–H and O–H groups in total. The molecule has 0 amide bonds. The van der Waals surface area contributed by atoms with Crippen molar-refractivity contribution in [1.82, 2.24) is 28.7 Å². The largest absolute Gasteiger partial charge is 0.307 e. The predicted octanol–water partition coefficient (Wildman–Crippen LogP) is 11.9. The molecule has 0 fully saturated rings. The van der Waals surface area contributed by atoms with Gasteiger partial charge in [-0.1, -0.05) is 152 Å². The van der Waals surface area contributed by atoms with Crippen molar-refractivity contribution in [2.45, 2.75) is 0 Å².